The number of ether oxygens (including phenoxy) is 2. The summed E-state index contributed by atoms with van der Waals surface area (Å²) in [6, 6.07) is 15.5. The molecule has 4 aromatic rings. The van der Waals surface area contributed by atoms with Crippen LogP contribution in [0.1, 0.15) is 21.5 Å². The molecule has 3 heterocycles. The Morgan fingerprint density at radius 3 is 2.53 bits per heavy atom. The first kappa shape index (κ1) is 23.4. The van der Waals surface area contributed by atoms with Gasteiger partial charge in [0.15, 0.2) is 0 Å². The van der Waals surface area contributed by atoms with Gasteiger partial charge in [0.05, 0.1) is 30.5 Å². The van der Waals surface area contributed by atoms with Gasteiger partial charge in [0.25, 0.3) is 11.8 Å². The number of benzene rings is 3. The predicted molar refractivity (Wildman–Crippen MR) is 130 cm³/mol. The van der Waals surface area contributed by atoms with E-state index in [1.807, 2.05) is 36.4 Å². The average molecular weight is 487 g/mol. The van der Waals surface area contributed by atoms with E-state index in [4.69, 9.17) is 14.0 Å². The van der Waals surface area contributed by atoms with Gasteiger partial charge in [-0.3, -0.25) is 14.5 Å². The van der Waals surface area contributed by atoms with Crippen LogP contribution in [0.3, 0.4) is 0 Å². The van der Waals surface area contributed by atoms with Crippen LogP contribution in [-0.2, 0) is 20.9 Å². The summed E-state index contributed by atoms with van der Waals surface area (Å²) in [5, 5.41) is 4.07. The zero-order valence-corrected chi connectivity index (χ0v) is 19.9. The molecule has 1 amide bonds. The van der Waals surface area contributed by atoms with Gasteiger partial charge in [-0.15, -0.1) is 0 Å². The number of esters is 1. The summed E-state index contributed by atoms with van der Waals surface area (Å²) in [6.45, 7) is 1.48. The Labute approximate surface area is 206 Å². The summed E-state index contributed by atoms with van der Waals surface area (Å²) in [6.07, 6.45) is 0. The molecule has 182 valence electrons. The van der Waals surface area contributed by atoms with E-state index in [9.17, 15) is 9.59 Å². The molecule has 36 heavy (non-hydrogen) atoms. The summed E-state index contributed by atoms with van der Waals surface area (Å²) in [4.78, 5) is 31.9. The van der Waals surface area contributed by atoms with Crippen LogP contribution in [-0.4, -0.2) is 42.8 Å². The maximum atomic E-state index is 15.2. The maximum absolute atomic E-state index is 15.2. The van der Waals surface area contributed by atoms with Crippen LogP contribution in [0.4, 0.5) is 10.1 Å². The van der Waals surface area contributed by atoms with Crippen molar-refractivity contribution in [3.05, 3.63) is 77.1 Å². The van der Waals surface area contributed by atoms with Crippen molar-refractivity contribution >= 4 is 17.6 Å². The fourth-order valence-corrected chi connectivity index (χ4v) is 4.50. The van der Waals surface area contributed by atoms with Gasteiger partial charge in [0, 0.05) is 18.2 Å². The Hall–Kier alpha value is -4.37. The summed E-state index contributed by atoms with van der Waals surface area (Å²) >= 11 is 0. The van der Waals surface area contributed by atoms with Gasteiger partial charge in [-0.05, 0) is 41.8 Å². The molecule has 0 fully saturated rings. The highest BCUT2D eigenvalue weighted by atomic mass is 19.1. The molecule has 0 saturated heterocycles. The summed E-state index contributed by atoms with van der Waals surface area (Å²) in [5.41, 5.74) is 3.99. The average Bonchev–Trinajstić information content (AvgIpc) is 3.37. The number of hydrogen-bond acceptors (Lipinski definition) is 7. The first-order valence-electron chi connectivity index (χ1n) is 11.2. The zero-order valence-electron chi connectivity index (χ0n) is 19.9. The SMILES string of the molecule is COCc1cc(-c2ccccc2)c2c(C)c1N(CC(=O)OC)C(=O)c1ccc(cc1F)-c1noc-2n1. The van der Waals surface area contributed by atoms with Crippen LogP contribution < -0.4 is 4.90 Å². The van der Waals surface area contributed by atoms with Crippen LogP contribution in [0.5, 0.6) is 0 Å². The van der Waals surface area contributed by atoms with E-state index in [2.05, 4.69) is 10.1 Å². The first-order valence-corrected chi connectivity index (χ1v) is 11.2. The van der Waals surface area contributed by atoms with Crippen LogP contribution >= 0.6 is 0 Å². The molecule has 0 aliphatic carbocycles. The van der Waals surface area contributed by atoms with E-state index in [0.717, 1.165) is 11.1 Å². The van der Waals surface area contributed by atoms with E-state index < -0.39 is 24.2 Å². The van der Waals surface area contributed by atoms with Crippen molar-refractivity contribution in [3.63, 3.8) is 0 Å². The largest absolute Gasteiger partial charge is 0.468 e. The second-order valence-corrected chi connectivity index (χ2v) is 8.32. The highest BCUT2D eigenvalue weighted by molar-refractivity contribution is 6.10. The van der Waals surface area contributed by atoms with Crippen LogP contribution in [0.25, 0.3) is 34.0 Å². The minimum atomic E-state index is -0.772. The van der Waals surface area contributed by atoms with Gasteiger partial charge < -0.3 is 14.0 Å². The van der Waals surface area contributed by atoms with Crippen molar-refractivity contribution in [2.75, 3.05) is 25.7 Å². The molecule has 2 aliphatic rings. The molecule has 0 unspecified atom stereocenters. The van der Waals surface area contributed by atoms with E-state index in [0.29, 0.717) is 27.9 Å². The van der Waals surface area contributed by atoms with Crippen molar-refractivity contribution in [1.82, 2.24) is 10.1 Å². The molecule has 3 aromatic carbocycles. The Balaban J connectivity index is 1.90. The molecule has 1 aromatic heterocycles. The standard InChI is InChI=1S/C27H22FN3O5/c1-15-23-20(16-7-5-4-6-8-16)11-18(14-34-2)24(15)31(13-22(32)35-3)27(33)19-10-9-17(12-21(19)28)25-29-26(23)36-30-25/h4-12H,13-14H2,1-3H3. The van der Waals surface area contributed by atoms with Gasteiger partial charge in [-0.25, -0.2) is 4.39 Å². The third-order valence-electron chi connectivity index (χ3n) is 6.13. The van der Waals surface area contributed by atoms with E-state index in [1.54, 1.807) is 6.92 Å². The lowest BCUT2D eigenvalue weighted by molar-refractivity contribution is -0.138. The molecule has 8 nitrogen and oxygen atoms in total. The quantitative estimate of drug-likeness (QED) is 0.373. The normalized spacial score (nSPS) is 12.3. The Kier molecular flexibility index (Phi) is 6.07. The lowest BCUT2D eigenvalue weighted by atomic mass is 9.90. The monoisotopic (exact) mass is 487 g/mol. The van der Waals surface area contributed by atoms with Crippen molar-refractivity contribution in [2.24, 2.45) is 0 Å². The van der Waals surface area contributed by atoms with Crippen molar-refractivity contribution < 1.29 is 28.0 Å². The molecular formula is C27H22FN3O5. The lowest BCUT2D eigenvalue weighted by Crippen LogP contribution is -2.38. The number of methoxy groups -OCH3 is 2. The second kappa shape index (κ2) is 9.35. The number of fused-ring (bicyclic) bond motifs is 3. The number of aromatic nitrogens is 2. The molecule has 6 rings (SSSR count). The van der Waals surface area contributed by atoms with Crippen LogP contribution in [0, 0.1) is 12.7 Å². The summed E-state index contributed by atoms with van der Waals surface area (Å²) < 4.78 is 31.1. The van der Waals surface area contributed by atoms with Gasteiger partial charge >= 0.3 is 5.97 Å². The number of nitrogens with zero attached hydrogens (tertiary/aromatic N) is 3. The number of carbonyl (C=O) groups is 2. The van der Waals surface area contributed by atoms with E-state index >= 15 is 4.39 Å². The molecule has 0 radical (unpaired) electrons. The minimum Gasteiger partial charge on any atom is -0.468 e. The molecule has 0 spiro atoms. The molecular weight excluding hydrogens is 465 g/mol. The Morgan fingerprint density at radius 1 is 1.06 bits per heavy atom. The highest BCUT2D eigenvalue weighted by Gasteiger charge is 2.32. The predicted octanol–water partition coefficient (Wildman–Crippen LogP) is 4.80. The van der Waals surface area contributed by atoms with Crippen LogP contribution in [0.15, 0.2) is 59.1 Å². The topological polar surface area (TPSA) is 94.8 Å². The van der Waals surface area contributed by atoms with Crippen molar-refractivity contribution in [3.8, 4) is 34.0 Å². The highest BCUT2D eigenvalue weighted by Crippen LogP contribution is 2.43. The fraction of sp³-hybridized carbons (Fsp3) is 0.185. The molecule has 2 aliphatic heterocycles. The Morgan fingerprint density at radius 2 is 1.83 bits per heavy atom. The third kappa shape index (κ3) is 3.93. The number of rotatable bonds is 5. The van der Waals surface area contributed by atoms with Crippen molar-refractivity contribution in [2.45, 2.75) is 13.5 Å². The third-order valence-corrected chi connectivity index (χ3v) is 6.13. The zero-order chi connectivity index (χ0) is 25.4. The van der Waals surface area contributed by atoms with E-state index in [-0.39, 0.29) is 23.9 Å². The van der Waals surface area contributed by atoms with E-state index in [1.165, 1.54) is 37.3 Å². The van der Waals surface area contributed by atoms with Gasteiger partial charge in [-0.2, -0.15) is 4.98 Å². The lowest BCUT2D eigenvalue weighted by Gasteiger charge is -2.28. The van der Waals surface area contributed by atoms with Gasteiger partial charge in [-0.1, -0.05) is 41.6 Å². The van der Waals surface area contributed by atoms with Crippen molar-refractivity contribution in [1.29, 1.82) is 0 Å². The smallest absolute Gasteiger partial charge is 0.325 e. The number of amides is 1. The molecule has 9 heteroatoms. The molecule has 6 bridgehead atoms. The van der Waals surface area contributed by atoms with Gasteiger partial charge in [0.1, 0.15) is 12.4 Å². The number of halogens is 1. The molecule has 0 atom stereocenters. The fourth-order valence-electron chi connectivity index (χ4n) is 4.50. The number of carbonyl (C=O) groups excluding carboxylic acids is 2. The summed E-state index contributed by atoms with van der Waals surface area (Å²) in [7, 11) is 2.76. The Bertz CT molecular complexity index is 1480. The molecule has 0 saturated carbocycles. The maximum Gasteiger partial charge on any atom is 0.325 e. The first-order chi connectivity index (χ1) is 17.4. The van der Waals surface area contributed by atoms with Crippen LogP contribution in [0.2, 0.25) is 0 Å². The second-order valence-electron chi connectivity index (χ2n) is 8.32. The van der Waals surface area contributed by atoms with Gasteiger partial charge in [0.2, 0.25) is 5.82 Å². The summed E-state index contributed by atoms with van der Waals surface area (Å²) in [5.74, 6) is -1.74. The minimum absolute atomic E-state index is 0.123. The number of hydrogen-bond donors (Lipinski definition) is 0. The number of anilines is 1. The molecule has 0 N–H and O–H groups in total.